The van der Waals surface area contributed by atoms with E-state index in [0.29, 0.717) is 30.4 Å². The molecule has 1 aromatic carbocycles. The van der Waals surface area contributed by atoms with Crippen molar-refractivity contribution in [2.45, 2.75) is 83.7 Å². The number of esters is 1. The Labute approximate surface area is 192 Å². The number of benzene rings is 1. The van der Waals surface area contributed by atoms with Gasteiger partial charge in [0, 0.05) is 12.1 Å². The lowest BCUT2D eigenvalue weighted by Gasteiger charge is -2.46. The molecule has 3 aliphatic carbocycles. The van der Waals surface area contributed by atoms with Crippen LogP contribution in [-0.2, 0) is 11.0 Å². The average molecular weight is 473 g/mol. The molecule has 0 radical (unpaired) electrons. The quantitative estimate of drug-likeness (QED) is 0.253. The van der Waals surface area contributed by atoms with E-state index in [1.165, 1.54) is 32.1 Å². The molecular weight excluding hydrogens is 439 g/mol. The van der Waals surface area contributed by atoms with Gasteiger partial charge in [-0.1, -0.05) is 39.0 Å². The third-order valence-corrected chi connectivity index (χ3v) is 8.64. The summed E-state index contributed by atoms with van der Waals surface area (Å²) < 4.78 is 71.4. The van der Waals surface area contributed by atoms with Gasteiger partial charge in [-0.2, -0.15) is 13.2 Å². The molecule has 0 spiro atoms. The lowest BCUT2D eigenvalue weighted by molar-refractivity contribution is -0.144. The number of carbonyl (C=O) groups is 1. The minimum Gasteiger partial charge on any atom is -0.426 e. The van der Waals surface area contributed by atoms with Crippen molar-refractivity contribution >= 4 is 5.97 Å². The molecule has 4 atom stereocenters. The zero-order valence-corrected chi connectivity index (χ0v) is 19.1. The summed E-state index contributed by atoms with van der Waals surface area (Å²) in [7, 11) is 0. The van der Waals surface area contributed by atoms with E-state index in [2.05, 4.69) is 6.92 Å². The van der Waals surface area contributed by atoms with Crippen molar-refractivity contribution in [3.63, 3.8) is 0 Å². The van der Waals surface area contributed by atoms with Crippen molar-refractivity contribution in [1.82, 2.24) is 0 Å². The highest BCUT2D eigenvalue weighted by atomic mass is 19.4. The second-order valence-electron chi connectivity index (χ2n) is 10.4. The summed E-state index contributed by atoms with van der Waals surface area (Å²) in [4.78, 5) is 12.9. The number of hydrogen-bond acceptors (Lipinski definition) is 2. The smallest absolute Gasteiger partial charge is 0.422 e. The fraction of sp³-hybridized carbons (Fsp3) is 0.731. The second kappa shape index (κ2) is 9.91. The van der Waals surface area contributed by atoms with Crippen molar-refractivity contribution in [2.75, 3.05) is 0 Å². The molecule has 7 heteroatoms. The summed E-state index contributed by atoms with van der Waals surface area (Å²) in [5.41, 5.74) is -1.97. The summed E-state index contributed by atoms with van der Waals surface area (Å²) in [6.07, 6.45) is 7.15. The van der Waals surface area contributed by atoms with Gasteiger partial charge in [0.15, 0.2) is 0 Å². The maximum atomic E-state index is 13.9. The van der Waals surface area contributed by atoms with Gasteiger partial charge >= 0.3 is 12.1 Å². The molecule has 0 N–H and O–H groups in total. The predicted molar refractivity (Wildman–Crippen MR) is 114 cm³/mol. The van der Waals surface area contributed by atoms with Crippen LogP contribution in [0.25, 0.3) is 0 Å². The van der Waals surface area contributed by atoms with Gasteiger partial charge in [-0.25, -0.2) is 8.78 Å². The van der Waals surface area contributed by atoms with E-state index >= 15 is 0 Å². The molecule has 33 heavy (non-hydrogen) atoms. The molecule has 0 bridgehead atoms. The minimum absolute atomic E-state index is 0.179. The minimum atomic E-state index is -5.15. The first-order chi connectivity index (χ1) is 15.7. The van der Waals surface area contributed by atoms with Gasteiger partial charge in [-0.05, 0) is 68.1 Å². The number of rotatable bonds is 4. The van der Waals surface area contributed by atoms with E-state index in [4.69, 9.17) is 4.74 Å². The third-order valence-electron chi connectivity index (χ3n) is 8.64. The Bertz CT molecular complexity index is 821. The Kier molecular flexibility index (Phi) is 7.35. The number of fused-ring (bicyclic) bond motifs is 1. The number of hydrogen-bond donors (Lipinski definition) is 0. The highest BCUT2D eigenvalue weighted by Gasteiger charge is 2.44. The monoisotopic (exact) mass is 472 g/mol. The second-order valence-corrected chi connectivity index (χ2v) is 10.4. The number of ether oxygens (including phenoxy) is 1. The summed E-state index contributed by atoms with van der Waals surface area (Å²) >= 11 is 0. The topological polar surface area (TPSA) is 26.3 Å². The standard InChI is InChI=1S/C26H33F5O2/c1-2-15-6-8-16(9-7-15)17-10-11-20-18(12-17)4-3-5-21(20)25(32)33-19-13-22(27)24(23(28)14-19)26(29,30)31/h13-18,20-21H,2-12H2,1H3. The molecule has 0 saturated heterocycles. The molecule has 4 unspecified atom stereocenters. The normalized spacial score (nSPS) is 32.8. The highest BCUT2D eigenvalue weighted by Crippen LogP contribution is 2.50. The third kappa shape index (κ3) is 5.37. The fourth-order valence-electron chi connectivity index (χ4n) is 6.86. The Morgan fingerprint density at radius 3 is 2.15 bits per heavy atom. The molecule has 0 amide bonds. The maximum Gasteiger partial charge on any atom is 0.422 e. The molecule has 4 rings (SSSR count). The highest BCUT2D eigenvalue weighted by molar-refractivity contribution is 5.75. The zero-order valence-electron chi connectivity index (χ0n) is 19.1. The van der Waals surface area contributed by atoms with Crippen LogP contribution in [-0.4, -0.2) is 5.97 Å². The molecule has 0 aromatic heterocycles. The Morgan fingerprint density at radius 2 is 1.55 bits per heavy atom. The van der Waals surface area contributed by atoms with Crippen molar-refractivity contribution in [3.05, 3.63) is 29.3 Å². The van der Waals surface area contributed by atoms with Crippen LogP contribution in [0.5, 0.6) is 5.75 Å². The number of alkyl halides is 3. The van der Waals surface area contributed by atoms with Gasteiger partial charge in [0.1, 0.15) is 22.9 Å². The van der Waals surface area contributed by atoms with Crippen LogP contribution in [0.15, 0.2) is 12.1 Å². The molecule has 3 fully saturated rings. The Morgan fingerprint density at radius 1 is 0.909 bits per heavy atom. The van der Waals surface area contributed by atoms with E-state index in [1.807, 2.05) is 0 Å². The molecule has 184 valence electrons. The molecule has 3 aliphatic rings. The van der Waals surface area contributed by atoms with Crippen LogP contribution in [0.4, 0.5) is 22.0 Å². The van der Waals surface area contributed by atoms with Crippen LogP contribution in [0.1, 0.15) is 83.1 Å². The molecule has 0 heterocycles. The van der Waals surface area contributed by atoms with E-state index in [9.17, 15) is 26.7 Å². The summed E-state index contributed by atoms with van der Waals surface area (Å²) in [5.74, 6) is -2.03. The molecular formula is C26H33F5O2. The SMILES string of the molecule is CCC1CCC(C2CCC3C(CCCC3C(=O)Oc3cc(F)c(C(F)(F)F)c(F)c3)C2)CC1. The van der Waals surface area contributed by atoms with Crippen LogP contribution in [0.2, 0.25) is 0 Å². The molecule has 3 saturated carbocycles. The summed E-state index contributed by atoms with van der Waals surface area (Å²) in [6, 6.07) is 0.904. The van der Waals surface area contributed by atoms with Gasteiger partial charge in [0.25, 0.3) is 0 Å². The van der Waals surface area contributed by atoms with Gasteiger partial charge in [-0.15, -0.1) is 0 Å². The van der Waals surface area contributed by atoms with Crippen LogP contribution in [0.3, 0.4) is 0 Å². The van der Waals surface area contributed by atoms with Crippen molar-refractivity contribution < 1.29 is 31.5 Å². The number of carbonyl (C=O) groups excluding carboxylic acids is 1. The number of halogens is 5. The Hall–Kier alpha value is -1.66. The summed E-state index contributed by atoms with van der Waals surface area (Å²) in [6.45, 7) is 2.27. The van der Waals surface area contributed by atoms with Crippen molar-refractivity contribution in [1.29, 1.82) is 0 Å². The predicted octanol–water partition coefficient (Wildman–Crippen LogP) is 7.94. The van der Waals surface area contributed by atoms with Gasteiger partial charge in [0.2, 0.25) is 0 Å². The lowest BCUT2D eigenvalue weighted by atomic mass is 9.59. The van der Waals surface area contributed by atoms with Crippen LogP contribution in [0, 0.1) is 47.1 Å². The van der Waals surface area contributed by atoms with E-state index in [1.54, 1.807) is 0 Å². The zero-order chi connectivity index (χ0) is 23.8. The van der Waals surface area contributed by atoms with Crippen LogP contribution < -0.4 is 4.74 Å². The molecule has 2 nitrogen and oxygen atoms in total. The average Bonchev–Trinajstić information content (AvgIpc) is 2.77. The van der Waals surface area contributed by atoms with E-state index in [-0.39, 0.29) is 11.8 Å². The van der Waals surface area contributed by atoms with Gasteiger partial charge in [-0.3, -0.25) is 4.79 Å². The first-order valence-electron chi connectivity index (χ1n) is 12.4. The largest absolute Gasteiger partial charge is 0.426 e. The Balaban J connectivity index is 1.39. The maximum absolute atomic E-state index is 13.9. The summed E-state index contributed by atoms with van der Waals surface area (Å²) in [5, 5.41) is 0. The van der Waals surface area contributed by atoms with Crippen molar-refractivity contribution in [3.8, 4) is 5.75 Å². The van der Waals surface area contributed by atoms with Gasteiger partial charge in [0.05, 0.1) is 5.92 Å². The first-order valence-corrected chi connectivity index (χ1v) is 12.4. The first kappa shape index (κ1) is 24.5. The van der Waals surface area contributed by atoms with Crippen LogP contribution >= 0.6 is 0 Å². The van der Waals surface area contributed by atoms with E-state index < -0.39 is 35.1 Å². The fourth-order valence-corrected chi connectivity index (χ4v) is 6.86. The molecule has 1 aromatic rings. The van der Waals surface area contributed by atoms with E-state index in [0.717, 1.165) is 43.9 Å². The van der Waals surface area contributed by atoms with Crippen molar-refractivity contribution in [2.24, 2.45) is 35.5 Å². The van der Waals surface area contributed by atoms with Gasteiger partial charge < -0.3 is 4.74 Å². The molecule has 0 aliphatic heterocycles. The lowest BCUT2D eigenvalue weighted by Crippen LogP contribution is -2.40.